The van der Waals surface area contributed by atoms with Crippen LogP contribution in [0.4, 0.5) is 0 Å². The van der Waals surface area contributed by atoms with Crippen LogP contribution in [0.5, 0.6) is 0 Å². The Labute approximate surface area is 144 Å². The molecule has 0 atom stereocenters. The van der Waals surface area contributed by atoms with Crippen molar-refractivity contribution in [2.24, 2.45) is 0 Å². The first kappa shape index (κ1) is 15.4. The lowest BCUT2D eigenvalue weighted by Crippen LogP contribution is -2.27. The number of carbonyl (C=O) groups excluding carboxylic acids is 2. The minimum atomic E-state index is -0.310. The molecule has 0 unspecified atom stereocenters. The maximum Gasteiger partial charge on any atom is 0.287 e. The lowest BCUT2D eigenvalue weighted by molar-refractivity contribution is 0.0939. The van der Waals surface area contributed by atoms with Crippen LogP contribution in [0.25, 0.3) is 5.52 Å². The van der Waals surface area contributed by atoms with Crippen molar-refractivity contribution in [3.8, 4) is 0 Å². The van der Waals surface area contributed by atoms with Gasteiger partial charge in [-0.15, -0.1) is 0 Å². The van der Waals surface area contributed by atoms with E-state index in [0.29, 0.717) is 12.1 Å². The third-order valence-electron chi connectivity index (χ3n) is 4.18. The SMILES string of the molecule is O=C(NC1CC1)c1nc(C(=O)NCc2ccccc2)n2ccccc12. The van der Waals surface area contributed by atoms with E-state index in [4.69, 9.17) is 0 Å². The molecule has 6 heteroatoms. The number of benzene rings is 1. The van der Waals surface area contributed by atoms with E-state index in [1.54, 1.807) is 16.7 Å². The van der Waals surface area contributed by atoms with Gasteiger partial charge in [-0.2, -0.15) is 0 Å². The maximum absolute atomic E-state index is 12.6. The molecule has 0 spiro atoms. The van der Waals surface area contributed by atoms with Crippen molar-refractivity contribution in [1.82, 2.24) is 20.0 Å². The Hall–Kier alpha value is -3.15. The second kappa shape index (κ2) is 6.39. The smallest absolute Gasteiger partial charge is 0.287 e. The highest BCUT2D eigenvalue weighted by Gasteiger charge is 2.27. The Balaban J connectivity index is 1.60. The highest BCUT2D eigenvalue weighted by atomic mass is 16.2. The molecule has 0 bridgehead atoms. The summed E-state index contributed by atoms with van der Waals surface area (Å²) in [5.74, 6) is -0.323. The fourth-order valence-corrected chi connectivity index (χ4v) is 2.70. The molecule has 0 saturated heterocycles. The second-order valence-corrected chi connectivity index (χ2v) is 6.16. The van der Waals surface area contributed by atoms with Gasteiger partial charge in [-0.05, 0) is 30.5 Å². The molecule has 1 aliphatic rings. The average molecular weight is 334 g/mol. The molecular weight excluding hydrogens is 316 g/mol. The van der Waals surface area contributed by atoms with Crippen LogP contribution in [-0.4, -0.2) is 27.2 Å². The van der Waals surface area contributed by atoms with Gasteiger partial charge in [0.1, 0.15) is 0 Å². The molecular formula is C19H18N4O2. The van der Waals surface area contributed by atoms with Gasteiger partial charge in [0.05, 0.1) is 5.52 Å². The van der Waals surface area contributed by atoms with E-state index < -0.39 is 0 Å². The average Bonchev–Trinajstić information content (AvgIpc) is 3.37. The molecule has 1 saturated carbocycles. The summed E-state index contributed by atoms with van der Waals surface area (Å²) in [5.41, 5.74) is 1.92. The van der Waals surface area contributed by atoms with Gasteiger partial charge in [0.15, 0.2) is 5.69 Å². The van der Waals surface area contributed by atoms with Crippen molar-refractivity contribution in [3.63, 3.8) is 0 Å². The van der Waals surface area contributed by atoms with Crippen molar-refractivity contribution in [1.29, 1.82) is 0 Å². The molecule has 6 nitrogen and oxygen atoms in total. The molecule has 4 rings (SSSR count). The van der Waals surface area contributed by atoms with Gasteiger partial charge in [0.25, 0.3) is 11.8 Å². The molecule has 1 aromatic carbocycles. The summed E-state index contributed by atoms with van der Waals surface area (Å²) in [7, 11) is 0. The normalized spacial score (nSPS) is 13.6. The number of nitrogens with one attached hydrogen (secondary N) is 2. The van der Waals surface area contributed by atoms with Crippen molar-refractivity contribution in [2.75, 3.05) is 0 Å². The number of imidazole rings is 1. The predicted molar refractivity (Wildman–Crippen MR) is 93.3 cm³/mol. The van der Waals surface area contributed by atoms with E-state index in [1.807, 2.05) is 42.5 Å². The van der Waals surface area contributed by atoms with Gasteiger partial charge in [-0.3, -0.25) is 14.0 Å². The van der Waals surface area contributed by atoms with E-state index in [9.17, 15) is 9.59 Å². The number of pyridine rings is 1. The Morgan fingerprint density at radius 3 is 2.56 bits per heavy atom. The standard InChI is InChI=1S/C19H18N4O2/c24-18(21-14-9-10-14)16-15-8-4-5-11-23(15)17(22-16)19(25)20-12-13-6-2-1-3-7-13/h1-8,11,14H,9-10,12H2,(H,20,25)(H,21,24). The Kier molecular flexibility index (Phi) is 3.93. The van der Waals surface area contributed by atoms with E-state index in [2.05, 4.69) is 15.6 Å². The first-order valence-electron chi connectivity index (χ1n) is 8.32. The molecule has 2 aromatic heterocycles. The van der Waals surface area contributed by atoms with E-state index >= 15 is 0 Å². The molecule has 3 aromatic rings. The summed E-state index contributed by atoms with van der Waals surface area (Å²) >= 11 is 0. The van der Waals surface area contributed by atoms with Crippen molar-refractivity contribution in [3.05, 3.63) is 71.8 Å². The Bertz CT molecular complexity index is 929. The maximum atomic E-state index is 12.6. The van der Waals surface area contributed by atoms with Crippen LogP contribution in [0.3, 0.4) is 0 Å². The fraction of sp³-hybridized carbons (Fsp3) is 0.211. The van der Waals surface area contributed by atoms with E-state index in [1.165, 1.54) is 0 Å². The van der Waals surface area contributed by atoms with Crippen LogP contribution in [0.2, 0.25) is 0 Å². The third-order valence-corrected chi connectivity index (χ3v) is 4.18. The number of amides is 2. The fourth-order valence-electron chi connectivity index (χ4n) is 2.70. The monoisotopic (exact) mass is 334 g/mol. The number of aromatic nitrogens is 2. The van der Waals surface area contributed by atoms with Gasteiger partial charge in [0, 0.05) is 18.8 Å². The van der Waals surface area contributed by atoms with Crippen molar-refractivity contribution < 1.29 is 9.59 Å². The van der Waals surface area contributed by atoms with Crippen LogP contribution < -0.4 is 10.6 Å². The first-order chi connectivity index (χ1) is 12.2. The van der Waals surface area contributed by atoms with E-state index in [-0.39, 0.29) is 29.4 Å². The number of hydrogen-bond donors (Lipinski definition) is 2. The number of rotatable bonds is 5. The molecule has 2 heterocycles. The minimum absolute atomic E-state index is 0.215. The predicted octanol–water partition coefficient (Wildman–Crippen LogP) is 2.16. The first-order valence-corrected chi connectivity index (χ1v) is 8.32. The zero-order valence-electron chi connectivity index (χ0n) is 13.6. The second-order valence-electron chi connectivity index (χ2n) is 6.16. The molecule has 0 radical (unpaired) electrons. The van der Waals surface area contributed by atoms with Gasteiger partial charge in [0.2, 0.25) is 5.82 Å². The van der Waals surface area contributed by atoms with Gasteiger partial charge >= 0.3 is 0 Å². The minimum Gasteiger partial charge on any atom is -0.348 e. The van der Waals surface area contributed by atoms with Crippen LogP contribution in [0.1, 0.15) is 39.5 Å². The van der Waals surface area contributed by atoms with Gasteiger partial charge in [-0.1, -0.05) is 36.4 Å². The Morgan fingerprint density at radius 1 is 1.04 bits per heavy atom. The van der Waals surface area contributed by atoms with Crippen LogP contribution in [-0.2, 0) is 6.54 Å². The van der Waals surface area contributed by atoms with Crippen LogP contribution in [0.15, 0.2) is 54.7 Å². The zero-order chi connectivity index (χ0) is 17.2. The topological polar surface area (TPSA) is 75.5 Å². The lowest BCUT2D eigenvalue weighted by atomic mass is 10.2. The van der Waals surface area contributed by atoms with Gasteiger partial charge in [-0.25, -0.2) is 4.98 Å². The summed E-state index contributed by atoms with van der Waals surface area (Å²) in [4.78, 5) is 29.3. The molecule has 126 valence electrons. The summed E-state index contributed by atoms with van der Waals surface area (Å²) < 4.78 is 1.65. The van der Waals surface area contributed by atoms with Gasteiger partial charge < -0.3 is 10.6 Å². The number of carbonyl (C=O) groups is 2. The Morgan fingerprint density at radius 2 is 1.80 bits per heavy atom. The molecule has 2 amide bonds. The molecule has 1 aliphatic carbocycles. The summed E-state index contributed by atoms with van der Waals surface area (Å²) in [5, 5.41) is 5.78. The van der Waals surface area contributed by atoms with Crippen LogP contribution >= 0.6 is 0 Å². The molecule has 1 fully saturated rings. The number of fused-ring (bicyclic) bond motifs is 1. The zero-order valence-corrected chi connectivity index (χ0v) is 13.6. The molecule has 0 aliphatic heterocycles. The summed E-state index contributed by atoms with van der Waals surface area (Å²) in [6.07, 6.45) is 3.75. The summed E-state index contributed by atoms with van der Waals surface area (Å²) in [6.45, 7) is 0.408. The lowest BCUT2D eigenvalue weighted by Gasteiger charge is -2.04. The largest absolute Gasteiger partial charge is 0.348 e. The van der Waals surface area contributed by atoms with Crippen molar-refractivity contribution >= 4 is 17.3 Å². The van der Waals surface area contributed by atoms with Crippen molar-refractivity contribution in [2.45, 2.75) is 25.4 Å². The molecule has 2 N–H and O–H groups in total. The highest BCUT2D eigenvalue weighted by molar-refractivity contribution is 6.02. The van der Waals surface area contributed by atoms with E-state index in [0.717, 1.165) is 18.4 Å². The third kappa shape index (κ3) is 3.24. The number of hydrogen-bond acceptors (Lipinski definition) is 3. The highest BCUT2D eigenvalue weighted by Crippen LogP contribution is 2.20. The quantitative estimate of drug-likeness (QED) is 0.751. The number of nitrogens with zero attached hydrogens (tertiary/aromatic N) is 2. The molecule has 25 heavy (non-hydrogen) atoms. The summed E-state index contributed by atoms with van der Waals surface area (Å²) in [6, 6.07) is 15.3. The van der Waals surface area contributed by atoms with Crippen LogP contribution in [0, 0.1) is 0 Å².